The monoisotopic (exact) mass is 425 g/mol. The van der Waals surface area contributed by atoms with E-state index in [4.69, 9.17) is 10.5 Å². The van der Waals surface area contributed by atoms with E-state index in [0.29, 0.717) is 19.0 Å². The van der Waals surface area contributed by atoms with Crippen LogP contribution in [0.5, 0.6) is 5.75 Å². The third kappa shape index (κ3) is 6.43. The van der Waals surface area contributed by atoms with Gasteiger partial charge in [-0.05, 0) is 56.7 Å². The SMILES string of the molecule is CC(C)CC[C@H](C)NC(=O)COc1ccc(S(=O)(=O)N2CCCC2)cc1C(N)=O. The number of nitrogens with zero attached hydrogens (tertiary/aromatic N) is 1. The molecule has 0 aliphatic carbocycles. The lowest BCUT2D eigenvalue weighted by molar-refractivity contribution is -0.123. The fraction of sp³-hybridized carbons (Fsp3) is 0.600. The van der Waals surface area contributed by atoms with Gasteiger partial charge in [0.15, 0.2) is 6.61 Å². The summed E-state index contributed by atoms with van der Waals surface area (Å²) in [5.41, 5.74) is 5.34. The van der Waals surface area contributed by atoms with Crippen molar-refractivity contribution in [1.29, 1.82) is 0 Å². The first-order chi connectivity index (χ1) is 13.6. The number of primary amides is 1. The summed E-state index contributed by atoms with van der Waals surface area (Å²) in [6.07, 6.45) is 3.49. The van der Waals surface area contributed by atoms with Crippen LogP contribution in [-0.2, 0) is 14.8 Å². The molecule has 1 aromatic rings. The standard InChI is InChI=1S/C20H31N3O5S/c1-14(2)6-7-15(3)22-19(24)13-28-18-9-8-16(12-17(18)20(21)25)29(26,27)23-10-4-5-11-23/h8-9,12,14-15H,4-7,10-11,13H2,1-3H3,(H2,21,25)(H,22,24)/t15-/m0/s1. The van der Waals surface area contributed by atoms with Crippen LogP contribution >= 0.6 is 0 Å². The van der Waals surface area contributed by atoms with Gasteiger partial charge in [-0.15, -0.1) is 0 Å². The molecule has 0 aromatic heterocycles. The number of rotatable bonds is 10. The molecule has 1 aliphatic heterocycles. The molecule has 1 aromatic carbocycles. The fourth-order valence-electron chi connectivity index (χ4n) is 3.18. The zero-order valence-electron chi connectivity index (χ0n) is 17.3. The number of amides is 2. The van der Waals surface area contributed by atoms with Crippen molar-refractivity contribution in [1.82, 2.24) is 9.62 Å². The van der Waals surface area contributed by atoms with Gasteiger partial charge in [-0.1, -0.05) is 13.8 Å². The van der Waals surface area contributed by atoms with E-state index in [1.165, 1.54) is 22.5 Å². The van der Waals surface area contributed by atoms with Crippen LogP contribution in [0.25, 0.3) is 0 Å². The highest BCUT2D eigenvalue weighted by Gasteiger charge is 2.28. The maximum absolute atomic E-state index is 12.7. The molecule has 8 nitrogen and oxygen atoms in total. The van der Waals surface area contributed by atoms with E-state index in [0.717, 1.165) is 25.7 Å². The minimum absolute atomic E-state index is 0.00712. The molecule has 1 fully saturated rings. The average Bonchev–Trinajstić information content (AvgIpc) is 3.20. The van der Waals surface area contributed by atoms with Gasteiger partial charge in [0.25, 0.3) is 11.8 Å². The molecule has 1 saturated heterocycles. The lowest BCUT2D eigenvalue weighted by Gasteiger charge is -2.18. The molecule has 29 heavy (non-hydrogen) atoms. The predicted octanol–water partition coefficient (Wildman–Crippen LogP) is 1.89. The van der Waals surface area contributed by atoms with Gasteiger partial charge >= 0.3 is 0 Å². The Balaban J connectivity index is 2.05. The largest absolute Gasteiger partial charge is 0.483 e. The number of sulfonamides is 1. The summed E-state index contributed by atoms with van der Waals surface area (Å²) in [7, 11) is -3.68. The van der Waals surface area contributed by atoms with Crippen molar-refractivity contribution in [3.63, 3.8) is 0 Å². The number of carbonyl (C=O) groups is 2. The summed E-state index contributed by atoms with van der Waals surface area (Å²) in [6, 6.07) is 3.98. The number of hydrogen-bond acceptors (Lipinski definition) is 5. The molecule has 2 amide bonds. The Morgan fingerprint density at radius 1 is 1.17 bits per heavy atom. The van der Waals surface area contributed by atoms with Gasteiger partial charge in [0, 0.05) is 19.1 Å². The maximum atomic E-state index is 12.7. The lowest BCUT2D eigenvalue weighted by Crippen LogP contribution is -2.36. The van der Waals surface area contributed by atoms with Crippen LogP contribution in [0.4, 0.5) is 0 Å². The summed E-state index contributed by atoms with van der Waals surface area (Å²) in [5.74, 6) is -0.489. The molecule has 0 radical (unpaired) electrons. The van der Waals surface area contributed by atoms with Crippen molar-refractivity contribution in [3.8, 4) is 5.75 Å². The number of nitrogens with one attached hydrogen (secondary N) is 1. The summed E-state index contributed by atoms with van der Waals surface area (Å²) >= 11 is 0. The van der Waals surface area contributed by atoms with Gasteiger partial charge in [-0.25, -0.2) is 8.42 Å². The summed E-state index contributed by atoms with van der Waals surface area (Å²) in [6.45, 7) is 6.80. The van der Waals surface area contributed by atoms with Gasteiger partial charge < -0.3 is 15.8 Å². The number of benzene rings is 1. The molecule has 2 rings (SSSR count). The second-order valence-electron chi connectivity index (χ2n) is 7.86. The second-order valence-corrected chi connectivity index (χ2v) is 9.80. The Morgan fingerprint density at radius 2 is 1.83 bits per heavy atom. The molecule has 162 valence electrons. The maximum Gasteiger partial charge on any atom is 0.258 e. The highest BCUT2D eigenvalue weighted by atomic mass is 32.2. The molecule has 9 heteroatoms. The van der Waals surface area contributed by atoms with Crippen LogP contribution in [0.2, 0.25) is 0 Å². The first-order valence-corrected chi connectivity index (χ1v) is 11.4. The van der Waals surface area contributed by atoms with E-state index in [9.17, 15) is 18.0 Å². The van der Waals surface area contributed by atoms with E-state index in [1.807, 2.05) is 6.92 Å². The van der Waals surface area contributed by atoms with Crippen LogP contribution in [0.1, 0.15) is 56.8 Å². The van der Waals surface area contributed by atoms with E-state index in [2.05, 4.69) is 19.2 Å². The van der Waals surface area contributed by atoms with Crippen molar-refractivity contribution >= 4 is 21.8 Å². The highest BCUT2D eigenvalue weighted by molar-refractivity contribution is 7.89. The molecule has 0 unspecified atom stereocenters. The van der Waals surface area contributed by atoms with Crippen molar-refractivity contribution in [3.05, 3.63) is 23.8 Å². The van der Waals surface area contributed by atoms with Crippen LogP contribution in [0.15, 0.2) is 23.1 Å². The molecular formula is C20H31N3O5S. The van der Waals surface area contributed by atoms with E-state index >= 15 is 0 Å². The molecule has 0 spiro atoms. The topological polar surface area (TPSA) is 119 Å². The first-order valence-electron chi connectivity index (χ1n) is 9.97. The Hall–Kier alpha value is -2.13. The number of ether oxygens (including phenoxy) is 1. The predicted molar refractivity (Wildman–Crippen MR) is 110 cm³/mol. The summed E-state index contributed by atoms with van der Waals surface area (Å²) < 4.78 is 32.2. The van der Waals surface area contributed by atoms with Gasteiger partial charge in [0.05, 0.1) is 10.5 Å². The highest BCUT2D eigenvalue weighted by Crippen LogP contribution is 2.26. The number of nitrogens with two attached hydrogens (primary N) is 1. The molecule has 1 aliphatic rings. The molecule has 3 N–H and O–H groups in total. The smallest absolute Gasteiger partial charge is 0.258 e. The van der Waals surface area contributed by atoms with Crippen LogP contribution < -0.4 is 15.8 Å². The van der Waals surface area contributed by atoms with Crippen molar-refractivity contribution in [2.24, 2.45) is 11.7 Å². The van der Waals surface area contributed by atoms with Crippen molar-refractivity contribution in [2.45, 2.75) is 57.4 Å². The molecule has 0 bridgehead atoms. The van der Waals surface area contributed by atoms with E-state index < -0.39 is 15.9 Å². The Morgan fingerprint density at radius 3 is 2.41 bits per heavy atom. The minimum Gasteiger partial charge on any atom is -0.483 e. The molecule has 0 saturated carbocycles. The van der Waals surface area contributed by atoms with Gasteiger partial charge in [-0.2, -0.15) is 4.31 Å². The minimum atomic E-state index is -3.68. The van der Waals surface area contributed by atoms with E-state index in [-0.39, 0.29) is 34.8 Å². The third-order valence-corrected chi connectivity index (χ3v) is 6.76. The first kappa shape index (κ1) is 23.2. The van der Waals surface area contributed by atoms with Crippen LogP contribution in [-0.4, -0.2) is 50.3 Å². The zero-order chi connectivity index (χ0) is 21.6. The van der Waals surface area contributed by atoms with E-state index in [1.54, 1.807) is 0 Å². The van der Waals surface area contributed by atoms with Crippen LogP contribution in [0.3, 0.4) is 0 Å². The Labute approximate surface area is 172 Å². The number of hydrogen-bond donors (Lipinski definition) is 2. The molecule has 1 heterocycles. The van der Waals surface area contributed by atoms with Crippen molar-refractivity contribution < 1.29 is 22.7 Å². The zero-order valence-corrected chi connectivity index (χ0v) is 18.1. The lowest BCUT2D eigenvalue weighted by atomic mass is 10.0. The Bertz CT molecular complexity index is 833. The summed E-state index contributed by atoms with van der Waals surface area (Å²) in [4.78, 5) is 23.9. The average molecular weight is 426 g/mol. The van der Waals surface area contributed by atoms with Gasteiger partial charge in [-0.3, -0.25) is 9.59 Å². The molecule has 1 atom stereocenters. The summed E-state index contributed by atoms with van der Waals surface area (Å²) in [5, 5.41) is 2.84. The quantitative estimate of drug-likeness (QED) is 0.593. The third-order valence-electron chi connectivity index (χ3n) is 4.86. The van der Waals surface area contributed by atoms with Crippen LogP contribution in [0, 0.1) is 5.92 Å². The normalized spacial score (nSPS) is 16.0. The number of carbonyl (C=O) groups excluding carboxylic acids is 2. The van der Waals surface area contributed by atoms with Gasteiger partial charge in [0.1, 0.15) is 5.75 Å². The fourth-order valence-corrected chi connectivity index (χ4v) is 4.72. The molecular weight excluding hydrogens is 394 g/mol. The van der Waals surface area contributed by atoms with Gasteiger partial charge in [0.2, 0.25) is 10.0 Å². The Kier molecular flexibility index (Phi) is 8.04. The van der Waals surface area contributed by atoms with Crippen molar-refractivity contribution in [2.75, 3.05) is 19.7 Å². The second kappa shape index (κ2) is 10.1.